The third kappa shape index (κ3) is 3.99. The number of aryl methyl sites for hydroxylation is 2. The van der Waals surface area contributed by atoms with Crippen LogP contribution in [0.4, 0.5) is 5.69 Å². The van der Waals surface area contributed by atoms with E-state index in [9.17, 15) is 9.59 Å². The van der Waals surface area contributed by atoms with Gasteiger partial charge in [0, 0.05) is 18.5 Å². The molecule has 2 aromatic carbocycles. The summed E-state index contributed by atoms with van der Waals surface area (Å²) in [6.07, 6.45) is 3.22. The molecule has 1 aliphatic rings. The summed E-state index contributed by atoms with van der Waals surface area (Å²) in [7, 11) is 0. The zero-order chi connectivity index (χ0) is 20.4. The van der Waals surface area contributed by atoms with Gasteiger partial charge in [0.1, 0.15) is 0 Å². The lowest BCUT2D eigenvalue weighted by atomic mass is 10.1. The lowest BCUT2D eigenvalue weighted by molar-refractivity contribution is 0.0725. The van der Waals surface area contributed by atoms with E-state index in [-0.39, 0.29) is 11.8 Å². The molecule has 5 heteroatoms. The van der Waals surface area contributed by atoms with Gasteiger partial charge in [-0.3, -0.25) is 14.6 Å². The summed E-state index contributed by atoms with van der Waals surface area (Å²) in [5.41, 5.74) is 4.24. The number of carbonyl (C=O) groups excluding carboxylic acids is 2. The van der Waals surface area contributed by atoms with E-state index in [0.29, 0.717) is 22.5 Å². The average Bonchev–Trinajstić information content (AvgIpc) is 2.74. The molecule has 2 heterocycles. The van der Waals surface area contributed by atoms with Gasteiger partial charge in [-0.15, -0.1) is 0 Å². The Morgan fingerprint density at radius 2 is 1.69 bits per heavy atom. The van der Waals surface area contributed by atoms with Crippen molar-refractivity contribution in [1.29, 1.82) is 0 Å². The fourth-order valence-electron chi connectivity index (χ4n) is 3.86. The monoisotopic (exact) mass is 387 g/mol. The number of carbonyl (C=O) groups is 2. The molecule has 3 aromatic rings. The molecular formula is C24H25N3O2. The van der Waals surface area contributed by atoms with Crippen LogP contribution in [0.3, 0.4) is 0 Å². The summed E-state index contributed by atoms with van der Waals surface area (Å²) >= 11 is 0. The summed E-state index contributed by atoms with van der Waals surface area (Å²) in [5.74, 6) is -0.276. The molecule has 4 rings (SSSR count). The van der Waals surface area contributed by atoms with E-state index in [0.717, 1.165) is 48.8 Å². The lowest BCUT2D eigenvalue weighted by Gasteiger charge is -2.27. The Kier molecular flexibility index (Phi) is 5.30. The molecule has 2 amide bonds. The van der Waals surface area contributed by atoms with Gasteiger partial charge in [-0.25, -0.2) is 0 Å². The number of pyridine rings is 1. The van der Waals surface area contributed by atoms with E-state index in [1.165, 1.54) is 0 Å². The molecule has 1 saturated heterocycles. The van der Waals surface area contributed by atoms with Crippen molar-refractivity contribution in [3.63, 3.8) is 0 Å². The van der Waals surface area contributed by atoms with Crippen LogP contribution in [0.25, 0.3) is 10.9 Å². The zero-order valence-electron chi connectivity index (χ0n) is 16.9. The minimum Gasteiger partial charge on any atom is -0.339 e. The van der Waals surface area contributed by atoms with Crippen LogP contribution in [0.1, 0.15) is 51.2 Å². The van der Waals surface area contributed by atoms with E-state index < -0.39 is 0 Å². The number of amides is 2. The predicted octanol–water partition coefficient (Wildman–Crippen LogP) is 4.73. The highest BCUT2D eigenvalue weighted by Gasteiger charge is 2.22. The molecule has 0 spiro atoms. The van der Waals surface area contributed by atoms with Crippen LogP contribution in [-0.2, 0) is 0 Å². The number of para-hydroxylation sites is 1. The standard InChI is InChI=1S/C24H25N3O2/c1-16-10-11-21-18(14-16)15-20(17(2)25-21)23(28)26-22-9-5-4-8-19(22)24(29)27-12-6-3-7-13-27/h4-5,8-11,14-15H,3,6-7,12-13H2,1-2H3,(H,26,28). The Labute approximate surface area is 170 Å². The number of anilines is 1. The van der Waals surface area contributed by atoms with Gasteiger partial charge in [0.05, 0.1) is 28.0 Å². The van der Waals surface area contributed by atoms with Crippen molar-refractivity contribution in [3.8, 4) is 0 Å². The minimum atomic E-state index is -0.252. The first-order chi connectivity index (χ1) is 14.0. The van der Waals surface area contributed by atoms with Gasteiger partial charge in [0.15, 0.2) is 0 Å². The predicted molar refractivity (Wildman–Crippen MR) is 115 cm³/mol. The Hall–Kier alpha value is -3.21. The second-order valence-corrected chi connectivity index (χ2v) is 7.67. The maximum Gasteiger partial charge on any atom is 0.257 e. The van der Waals surface area contributed by atoms with Crippen molar-refractivity contribution in [2.45, 2.75) is 33.1 Å². The van der Waals surface area contributed by atoms with Gasteiger partial charge >= 0.3 is 0 Å². The number of benzene rings is 2. The maximum absolute atomic E-state index is 13.0. The van der Waals surface area contributed by atoms with Crippen molar-refractivity contribution in [2.24, 2.45) is 0 Å². The second-order valence-electron chi connectivity index (χ2n) is 7.67. The first kappa shape index (κ1) is 19.1. The topological polar surface area (TPSA) is 62.3 Å². The molecule has 1 fully saturated rings. The third-order valence-electron chi connectivity index (χ3n) is 5.45. The number of fused-ring (bicyclic) bond motifs is 1. The molecule has 29 heavy (non-hydrogen) atoms. The highest BCUT2D eigenvalue weighted by atomic mass is 16.2. The summed E-state index contributed by atoms with van der Waals surface area (Å²) in [4.78, 5) is 32.5. The quantitative estimate of drug-likeness (QED) is 0.707. The van der Waals surface area contributed by atoms with Crippen molar-refractivity contribution < 1.29 is 9.59 Å². The maximum atomic E-state index is 13.0. The normalized spacial score (nSPS) is 14.1. The average molecular weight is 387 g/mol. The molecule has 0 bridgehead atoms. The first-order valence-corrected chi connectivity index (χ1v) is 10.1. The molecule has 148 valence electrons. The van der Waals surface area contributed by atoms with E-state index in [4.69, 9.17) is 0 Å². The molecular weight excluding hydrogens is 362 g/mol. The van der Waals surface area contributed by atoms with Crippen LogP contribution >= 0.6 is 0 Å². The van der Waals surface area contributed by atoms with Crippen molar-refractivity contribution in [2.75, 3.05) is 18.4 Å². The van der Waals surface area contributed by atoms with Crippen molar-refractivity contribution >= 4 is 28.4 Å². The largest absolute Gasteiger partial charge is 0.339 e. The van der Waals surface area contributed by atoms with Crippen LogP contribution < -0.4 is 5.32 Å². The Balaban J connectivity index is 1.63. The molecule has 1 aromatic heterocycles. The smallest absolute Gasteiger partial charge is 0.257 e. The van der Waals surface area contributed by atoms with Crippen molar-refractivity contribution in [1.82, 2.24) is 9.88 Å². The molecule has 1 N–H and O–H groups in total. The van der Waals surface area contributed by atoms with E-state index in [1.807, 2.05) is 55.1 Å². The number of likely N-dealkylation sites (tertiary alicyclic amines) is 1. The molecule has 0 aliphatic carbocycles. The van der Waals surface area contributed by atoms with Crippen LogP contribution in [0.15, 0.2) is 48.5 Å². The highest BCUT2D eigenvalue weighted by molar-refractivity contribution is 6.10. The fourth-order valence-corrected chi connectivity index (χ4v) is 3.86. The third-order valence-corrected chi connectivity index (χ3v) is 5.45. The molecule has 5 nitrogen and oxygen atoms in total. The summed E-state index contributed by atoms with van der Waals surface area (Å²) in [6.45, 7) is 5.39. The number of hydrogen-bond acceptors (Lipinski definition) is 3. The molecule has 0 saturated carbocycles. The van der Waals surface area contributed by atoms with Gasteiger partial charge in [0.25, 0.3) is 11.8 Å². The van der Waals surface area contributed by atoms with Gasteiger partial charge in [-0.05, 0) is 63.4 Å². The Bertz CT molecular complexity index is 1080. The van der Waals surface area contributed by atoms with Crippen molar-refractivity contribution in [3.05, 3.63) is 70.9 Å². The SMILES string of the molecule is Cc1ccc2nc(C)c(C(=O)Nc3ccccc3C(=O)N3CCCCC3)cc2c1. The molecule has 0 radical (unpaired) electrons. The summed E-state index contributed by atoms with van der Waals surface area (Å²) < 4.78 is 0. The van der Waals surface area contributed by atoms with Crippen LogP contribution in [0.5, 0.6) is 0 Å². The summed E-state index contributed by atoms with van der Waals surface area (Å²) in [6, 6.07) is 15.1. The number of piperidine rings is 1. The number of hydrogen-bond donors (Lipinski definition) is 1. The second kappa shape index (κ2) is 8.03. The molecule has 0 atom stereocenters. The van der Waals surface area contributed by atoms with Crippen LogP contribution in [-0.4, -0.2) is 34.8 Å². The zero-order valence-corrected chi connectivity index (χ0v) is 16.9. The highest BCUT2D eigenvalue weighted by Crippen LogP contribution is 2.23. The lowest BCUT2D eigenvalue weighted by Crippen LogP contribution is -2.36. The van der Waals surface area contributed by atoms with E-state index >= 15 is 0 Å². The number of nitrogens with zero attached hydrogens (tertiary/aromatic N) is 2. The van der Waals surface area contributed by atoms with Crippen LogP contribution in [0.2, 0.25) is 0 Å². The van der Waals surface area contributed by atoms with Gasteiger partial charge in [-0.1, -0.05) is 23.8 Å². The van der Waals surface area contributed by atoms with Gasteiger partial charge in [-0.2, -0.15) is 0 Å². The van der Waals surface area contributed by atoms with Gasteiger partial charge in [0.2, 0.25) is 0 Å². The molecule has 0 unspecified atom stereocenters. The van der Waals surface area contributed by atoms with E-state index in [1.54, 1.807) is 12.1 Å². The Morgan fingerprint density at radius 3 is 2.48 bits per heavy atom. The summed E-state index contributed by atoms with van der Waals surface area (Å²) in [5, 5.41) is 3.87. The number of nitrogens with one attached hydrogen (secondary N) is 1. The fraction of sp³-hybridized carbons (Fsp3) is 0.292. The first-order valence-electron chi connectivity index (χ1n) is 10.1. The Morgan fingerprint density at radius 1 is 0.931 bits per heavy atom. The number of rotatable bonds is 3. The minimum absolute atomic E-state index is 0.0235. The van der Waals surface area contributed by atoms with Gasteiger partial charge < -0.3 is 10.2 Å². The van der Waals surface area contributed by atoms with E-state index in [2.05, 4.69) is 10.3 Å². The van der Waals surface area contributed by atoms with Crippen LogP contribution in [0, 0.1) is 13.8 Å². The molecule has 1 aliphatic heterocycles. The number of aromatic nitrogens is 1.